The fourth-order valence-electron chi connectivity index (χ4n) is 3.28. The molecule has 170 valence electrons. The number of hydrogen-bond acceptors (Lipinski definition) is 6. The van der Waals surface area contributed by atoms with Crippen LogP contribution >= 0.6 is 23.4 Å². The van der Waals surface area contributed by atoms with E-state index in [0.29, 0.717) is 45.7 Å². The minimum absolute atomic E-state index is 0.0757. The number of methoxy groups -OCH3 is 2. The van der Waals surface area contributed by atoms with E-state index in [0.717, 1.165) is 12.0 Å². The van der Waals surface area contributed by atoms with Crippen LogP contribution in [0, 0.1) is 0 Å². The van der Waals surface area contributed by atoms with Crippen molar-refractivity contribution in [2.75, 3.05) is 27.0 Å². The van der Waals surface area contributed by atoms with Crippen LogP contribution in [0.4, 0.5) is 0 Å². The number of carbonyl (C=O) groups excluding carboxylic acids is 1. The van der Waals surface area contributed by atoms with Gasteiger partial charge in [-0.25, -0.2) is 4.98 Å². The van der Waals surface area contributed by atoms with E-state index < -0.39 is 0 Å². The Kier molecular flexibility index (Phi) is 8.04. The normalized spacial score (nSPS) is 10.9. The number of aromatic nitrogens is 2. The van der Waals surface area contributed by atoms with Crippen molar-refractivity contribution >= 4 is 40.2 Å². The van der Waals surface area contributed by atoms with Gasteiger partial charge in [0.05, 0.1) is 30.9 Å². The fourth-order valence-corrected chi connectivity index (χ4v) is 4.41. The molecule has 9 heteroatoms. The van der Waals surface area contributed by atoms with E-state index in [-0.39, 0.29) is 17.2 Å². The zero-order chi connectivity index (χ0) is 23.3. The zero-order valence-electron chi connectivity index (χ0n) is 18.6. The summed E-state index contributed by atoms with van der Waals surface area (Å²) < 4.78 is 12.2. The minimum atomic E-state index is -0.123. The lowest BCUT2D eigenvalue weighted by atomic mass is 10.2. The summed E-state index contributed by atoms with van der Waals surface area (Å²) >= 11 is 7.33. The quantitative estimate of drug-likeness (QED) is 0.340. The molecule has 0 aliphatic heterocycles. The molecule has 3 aromatic rings. The standard InChI is InChI=1S/C23H26ClN3O4S/c1-5-10-27-22(29)17-8-7-16(24)12-18(17)25-23(27)32-14-21(28)26(2)13-15-6-9-19(30-3)20(11-15)31-4/h6-9,11-12H,5,10,13-14H2,1-4H3. The van der Waals surface area contributed by atoms with E-state index in [1.54, 1.807) is 48.9 Å². The fraction of sp³-hybridized carbons (Fsp3) is 0.348. The van der Waals surface area contributed by atoms with Gasteiger partial charge in [0.25, 0.3) is 5.56 Å². The first kappa shape index (κ1) is 23.9. The van der Waals surface area contributed by atoms with Crippen molar-refractivity contribution < 1.29 is 14.3 Å². The van der Waals surface area contributed by atoms with Crippen molar-refractivity contribution in [3.63, 3.8) is 0 Å². The number of carbonyl (C=O) groups is 1. The Morgan fingerprint density at radius 1 is 1.16 bits per heavy atom. The van der Waals surface area contributed by atoms with Crippen LogP contribution in [0.3, 0.4) is 0 Å². The predicted octanol–water partition coefficient (Wildman–Crippen LogP) is 4.23. The van der Waals surface area contributed by atoms with Gasteiger partial charge in [-0.3, -0.25) is 14.2 Å². The maximum Gasteiger partial charge on any atom is 0.262 e. The van der Waals surface area contributed by atoms with Crippen molar-refractivity contribution in [3.8, 4) is 11.5 Å². The summed E-state index contributed by atoms with van der Waals surface area (Å²) in [6.45, 7) is 2.94. The third-order valence-corrected chi connectivity index (χ3v) is 6.14. The molecule has 0 fully saturated rings. The Morgan fingerprint density at radius 2 is 1.91 bits per heavy atom. The average Bonchev–Trinajstić information content (AvgIpc) is 2.79. The Bertz CT molecular complexity index is 1180. The van der Waals surface area contributed by atoms with Gasteiger partial charge >= 0.3 is 0 Å². The molecule has 2 aromatic carbocycles. The summed E-state index contributed by atoms with van der Waals surface area (Å²) in [5.41, 5.74) is 1.33. The smallest absolute Gasteiger partial charge is 0.262 e. The van der Waals surface area contributed by atoms with Gasteiger partial charge in [-0.05, 0) is 42.3 Å². The van der Waals surface area contributed by atoms with Crippen LogP contribution in [-0.2, 0) is 17.9 Å². The number of amides is 1. The van der Waals surface area contributed by atoms with Gasteiger partial charge in [-0.15, -0.1) is 0 Å². The van der Waals surface area contributed by atoms with Gasteiger partial charge in [-0.1, -0.05) is 36.4 Å². The Hall–Kier alpha value is -2.71. The lowest BCUT2D eigenvalue weighted by Crippen LogP contribution is -2.29. The number of benzene rings is 2. The Balaban J connectivity index is 1.76. The second-order valence-electron chi connectivity index (χ2n) is 7.24. The first-order chi connectivity index (χ1) is 15.4. The molecule has 0 atom stereocenters. The first-order valence-corrected chi connectivity index (χ1v) is 11.5. The van der Waals surface area contributed by atoms with Gasteiger partial charge < -0.3 is 14.4 Å². The van der Waals surface area contributed by atoms with Gasteiger partial charge in [0.1, 0.15) is 0 Å². The number of rotatable bonds is 9. The highest BCUT2D eigenvalue weighted by Gasteiger charge is 2.16. The highest BCUT2D eigenvalue weighted by molar-refractivity contribution is 7.99. The predicted molar refractivity (Wildman–Crippen MR) is 128 cm³/mol. The van der Waals surface area contributed by atoms with Crippen LogP contribution in [-0.4, -0.2) is 47.4 Å². The molecule has 32 heavy (non-hydrogen) atoms. The van der Waals surface area contributed by atoms with Crippen LogP contribution in [0.15, 0.2) is 46.3 Å². The summed E-state index contributed by atoms with van der Waals surface area (Å²) in [5.74, 6) is 1.33. The van der Waals surface area contributed by atoms with Crippen LogP contribution in [0.2, 0.25) is 5.02 Å². The topological polar surface area (TPSA) is 73.7 Å². The third kappa shape index (κ3) is 5.37. The molecule has 0 bridgehead atoms. The maximum absolute atomic E-state index is 12.9. The van der Waals surface area contributed by atoms with E-state index in [4.69, 9.17) is 21.1 Å². The highest BCUT2D eigenvalue weighted by atomic mass is 35.5. The molecule has 0 aliphatic carbocycles. The van der Waals surface area contributed by atoms with Crippen molar-refractivity contribution in [3.05, 3.63) is 57.3 Å². The summed E-state index contributed by atoms with van der Waals surface area (Å²) in [5, 5.41) is 1.54. The molecule has 0 aliphatic rings. The van der Waals surface area contributed by atoms with E-state index in [9.17, 15) is 9.59 Å². The number of nitrogens with zero attached hydrogens (tertiary/aromatic N) is 3. The molecule has 0 spiro atoms. The average molecular weight is 476 g/mol. The van der Waals surface area contributed by atoms with E-state index in [2.05, 4.69) is 4.98 Å². The van der Waals surface area contributed by atoms with Crippen molar-refractivity contribution in [1.82, 2.24) is 14.5 Å². The molecule has 0 unspecified atom stereocenters. The lowest BCUT2D eigenvalue weighted by Gasteiger charge is -2.19. The van der Waals surface area contributed by atoms with E-state index in [1.165, 1.54) is 11.8 Å². The molecule has 0 radical (unpaired) electrons. The monoisotopic (exact) mass is 475 g/mol. The van der Waals surface area contributed by atoms with Gasteiger partial charge in [0.15, 0.2) is 16.7 Å². The molecular weight excluding hydrogens is 450 g/mol. The summed E-state index contributed by atoms with van der Waals surface area (Å²) in [4.78, 5) is 32.0. The van der Waals surface area contributed by atoms with Crippen molar-refractivity contribution in [1.29, 1.82) is 0 Å². The largest absolute Gasteiger partial charge is 0.493 e. The molecular formula is C23H26ClN3O4S. The number of ether oxygens (including phenoxy) is 2. The zero-order valence-corrected chi connectivity index (χ0v) is 20.1. The third-order valence-electron chi connectivity index (χ3n) is 4.95. The summed E-state index contributed by atoms with van der Waals surface area (Å²) in [6, 6.07) is 10.6. The highest BCUT2D eigenvalue weighted by Crippen LogP contribution is 2.28. The van der Waals surface area contributed by atoms with Crippen LogP contribution < -0.4 is 15.0 Å². The summed E-state index contributed by atoms with van der Waals surface area (Å²) in [7, 11) is 4.90. The maximum atomic E-state index is 12.9. The van der Waals surface area contributed by atoms with Crippen molar-refractivity contribution in [2.24, 2.45) is 0 Å². The van der Waals surface area contributed by atoms with E-state index in [1.807, 2.05) is 25.1 Å². The van der Waals surface area contributed by atoms with Crippen LogP contribution in [0.1, 0.15) is 18.9 Å². The minimum Gasteiger partial charge on any atom is -0.493 e. The van der Waals surface area contributed by atoms with E-state index >= 15 is 0 Å². The number of fused-ring (bicyclic) bond motifs is 1. The number of thioether (sulfide) groups is 1. The molecule has 1 aromatic heterocycles. The van der Waals surface area contributed by atoms with Gasteiger partial charge in [0, 0.05) is 25.2 Å². The summed E-state index contributed by atoms with van der Waals surface area (Å²) in [6.07, 6.45) is 0.779. The number of hydrogen-bond donors (Lipinski definition) is 0. The molecule has 0 N–H and O–H groups in total. The second-order valence-corrected chi connectivity index (χ2v) is 8.62. The molecule has 0 saturated heterocycles. The molecule has 0 saturated carbocycles. The molecule has 3 rings (SSSR count). The van der Waals surface area contributed by atoms with Crippen molar-refractivity contribution in [2.45, 2.75) is 31.6 Å². The molecule has 7 nitrogen and oxygen atoms in total. The SMILES string of the molecule is CCCn1c(SCC(=O)N(C)Cc2ccc(OC)c(OC)c2)nc2cc(Cl)ccc2c1=O. The van der Waals surface area contributed by atoms with Gasteiger partial charge in [0.2, 0.25) is 5.91 Å². The molecule has 1 heterocycles. The van der Waals surface area contributed by atoms with Crippen LogP contribution in [0.5, 0.6) is 11.5 Å². The Labute approximate surface area is 196 Å². The second kappa shape index (κ2) is 10.7. The Morgan fingerprint density at radius 3 is 2.59 bits per heavy atom. The molecule has 1 amide bonds. The van der Waals surface area contributed by atoms with Crippen LogP contribution in [0.25, 0.3) is 10.9 Å². The lowest BCUT2D eigenvalue weighted by molar-refractivity contribution is -0.127. The number of halogens is 1. The first-order valence-electron chi connectivity index (χ1n) is 10.2. The van der Waals surface area contributed by atoms with Gasteiger partial charge in [-0.2, -0.15) is 0 Å².